The highest BCUT2D eigenvalue weighted by Gasteiger charge is 2.27. The van der Waals surface area contributed by atoms with Crippen LogP contribution in [0.5, 0.6) is 11.5 Å². The van der Waals surface area contributed by atoms with Crippen LogP contribution in [0, 0.1) is 13.8 Å². The van der Waals surface area contributed by atoms with Crippen LogP contribution < -0.4 is 14.8 Å². The number of ether oxygens (including phenoxy) is 2. The quantitative estimate of drug-likeness (QED) is 0.549. The number of carbonyl (C=O) groups excluding carboxylic acids is 1. The van der Waals surface area contributed by atoms with Crippen molar-refractivity contribution in [3.63, 3.8) is 0 Å². The molecule has 1 amide bonds. The van der Waals surface area contributed by atoms with E-state index >= 15 is 0 Å². The summed E-state index contributed by atoms with van der Waals surface area (Å²) in [6.45, 7) is 7.58. The summed E-state index contributed by atoms with van der Waals surface area (Å²) < 4.78 is 38.2. The molecule has 174 valence electrons. The standard InChI is InChI=1S/C24H32N2O5S/c1-4-22(31-23-17-18(2)7-8-19(23)3)24(27)25-13-16-30-20-9-11-21(12-10-20)32(28,29)26-14-5-6-15-26/h7-12,17,22H,4-6,13-16H2,1-3H3,(H,25,27). The SMILES string of the molecule is CCC(Oc1cc(C)ccc1C)C(=O)NCCOc1ccc(S(=O)(=O)N2CCCC2)cc1. The molecule has 1 aliphatic heterocycles. The van der Waals surface area contributed by atoms with Gasteiger partial charge in [-0.15, -0.1) is 0 Å². The number of hydrogen-bond acceptors (Lipinski definition) is 5. The van der Waals surface area contributed by atoms with Crippen LogP contribution in [-0.2, 0) is 14.8 Å². The first-order chi connectivity index (χ1) is 15.3. The molecule has 1 N–H and O–H groups in total. The highest BCUT2D eigenvalue weighted by atomic mass is 32.2. The van der Waals surface area contributed by atoms with Crippen molar-refractivity contribution < 1.29 is 22.7 Å². The average molecular weight is 461 g/mol. The van der Waals surface area contributed by atoms with Crippen LogP contribution in [0.15, 0.2) is 47.4 Å². The summed E-state index contributed by atoms with van der Waals surface area (Å²) in [7, 11) is -3.43. The number of rotatable bonds is 10. The Morgan fingerprint density at radius 1 is 1.09 bits per heavy atom. The molecule has 0 saturated carbocycles. The Hall–Kier alpha value is -2.58. The molecule has 2 aromatic carbocycles. The van der Waals surface area contributed by atoms with Gasteiger partial charge >= 0.3 is 0 Å². The molecule has 0 aromatic heterocycles. The van der Waals surface area contributed by atoms with Gasteiger partial charge in [0.25, 0.3) is 5.91 Å². The second-order valence-electron chi connectivity index (χ2n) is 8.01. The number of hydrogen-bond donors (Lipinski definition) is 1. The molecule has 0 bridgehead atoms. The Balaban J connectivity index is 1.46. The van der Waals surface area contributed by atoms with E-state index < -0.39 is 16.1 Å². The Morgan fingerprint density at radius 3 is 2.44 bits per heavy atom. The van der Waals surface area contributed by atoms with E-state index in [9.17, 15) is 13.2 Å². The summed E-state index contributed by atoms with van der Waals surface area (Å²) in [4.78, 5) is 12.8. The van der Waals surface area contributed by atoms with E-state index in [4.69, 9.17) is 9.47 Å². The zero-order valence-corrected chi connectivity index (χ0v) is 19.8. The summed E-state index contributed by atoms with van der Waals surface area (Å²) in [5.41, 5.74) is 2.06. The van der Waals surface area contributed by atoms with E-state index in [0.717, 1.165) is 24.0 Å². The van der Waals surface area contributed by atoms with Crippen molar-refractivity contribution >= 4 is 15.9 Å². The molecule has 7 nitrogen and oxygen atoms in total. The number of nitrogens with zero attached hydrogens (tertiary/aromatic N) is 1. The summed E-state index contributed by atoms with van der Waals surface area (Å²) in [5, 5.41) is 2.84. The van der Waals surface area contributed by atoms with Crippen molar-refractivity contribution in [3.8, 4) is 11.5 Å². The molecule has 8 heteroatoms. The van der Waals surface area contributed by atoms with Crippen molar-refractivity contribution in [1.29, 1.82) is 0 Å². The lowest BCUT2D eigenvalue weighted by Crippen LogP contribution is -2.39. The Kier molecular flexibility index (Phi) is 8.15. The smallest absolute Gasteiger partial charge is 0.261 e. The van der Waals surface area contributed by atoms with E-state index in [1.807, 2.05) is 39.0 Å². The van der Waals surface area contributed by atoms with Crippen LogP contribution in [0.2, 0.25) is 0 Å². The van der Waals surface area contributed by atoms with Crippen LogP contribution in [-0.4, -0.2) is 51.0 Å². The molecule has 1 unspecified atom stereocenters. The molecule has 0 radical (unpaired) electrons. The molecule has 2 aromatic rings. The van der Waals surface area contributed by atoms with Gasteiger partial charge in [-0.05, 0) is 74.6 Å². The van der Waals surface area contributed by atoms with Gasteiger partial charge in [-0.25, -0.2) is 8.42 Å². The summed E-state index contributed by atoms with van der Waals surface area (Å²) in [6.07, 6.45) is 1.78. The third-order valence-corrected chi connectivity index (χ3v) is 7.39. The lowest BCUT2D eigenvalue weighted by atomic mass is 10.1. The van der Waals surface area contributed by atoms with Gasteiger partial charge in [-0.3, -0.25) is 4.79 Å². The Bertz CT molecular complexity index is 1020. The minimum Gasteiger partial charge on any atom is -0.492 e. The predicted molar refractivity (Wildman–Crippen MR) is 124 cm³/mol. The first-order valence-corrected chi connectivity index (χ1v) is 12.5. The Labute approximate surface area is 190 Å². The normalized spacial score (nSPS) is 15.3. The van der Waals surface area contributed by atoms with E-state index in [1.54, 1.807) is 24.3 Å². The van der Waals surface area contributed by atoms with Gasteiger partial charge in [0.05, 0.1) is 11.4 Å². The van der Waals surface area contributed by atoms with Gasteiger partial charge in [0.15, 0.2) is 6.10 Å². The van der Waals surface area contributed by atoms with Gasteiger partial charge in [0.1, 0.15) is 18.1 Å². The molecule has 1 fully saturated rings. The van der Waals surface area contributed by atoms with Crippen LogP contribution in [0.4, 0.5) is 0 Å². The fourth-order valence-electron chi connectivity index (χ4n) is 3.55. The van der Waals surface area contributed by atoms with Crippen LogP contribution in [0.1, 0.15) is 37.3 Å². The summed E-state index contributed by atoms with van der Waals surface area (Å²) in [6, 6.07) is 12.3. The number of benzene rings is 2. The van der Waals surface area contributed by atoms with Crippen LogP contribution in [0.25, 0.3) is 0 Å². The maximum atomic E-state index is 12.6. The lowest BCUT2D eigenvalue weighted by Gasteiger charge is -2.19. The van der Waals surface area contributed by atoms with Gasteiger partial charge in [0.2, 0.25) is 10.0 Å². The highest BCUT2D eigenvalue weighted by Crippen LogP contribution is 2.23. The van der Waals surface area contributed by atoms with Crippen LogP contribution in [0.3, 0.4) is 0 Å². The summed E-state index contributed by atoms with van der Waals surface area (Å²) in [5.74, 6) is 1.08. The first kappa shape index (κ1) is 24.1. The number of amides is 1. The van der Waals surface area contributed by atoms with E-state index in [1.165, 1.54) is 4.31 Å². The van der Waals surface area contributed by atoms with Crippen molar-refractivity contribution in [2.75, 3.05) is 26.2 Å². The molecular weight excluding hydrogens is 428 g/mol. The second kappa shape index (κ2) is 10.8. The fourth-order valence-corrected chi connectivity index (χ4v) is 5.07. The Morgan fingerprint density at radius 2 is 1.78 bits per heavy atom. The van der Waals surface area contributed by atoms with Crippen molar-refractivity contribution in [3.05, 3.63) is 53.6 Å². The third-order valence-electron chi connectivity index (χ3n) is 5.47. The number of carbonyl (C=O) groups is 1. The number of sulfonamides is 1. The molecule has 0 aliphatic carbocycles. The van der Waals surface area contributed by atoms with Crippen LogP contribution >= 0.6 is 0 Å². The maximum absolute atomic E-state index is 12.6. The van der Waals surface area contributed by atoms with E-state index in [-0.39, 0.29) is 17.4 Å². The van der Waals surface area contributed by atoms with E-state index in [2.05, 4.69) is 5.32 Å². The predicted octanol–water partition coefficient (Wildman–Crippen LogP) is 3.44. The fraction of sp³-hybridized carbons (Fsp3) is 0.458. The number of aryl methyl sites for hydroxylation is 2. The van der Waals surface area contributed by atoms with Gasteiger partial charge in [-0.1, -0.05) is 19.1 Å². The second-order valence-corrected chi connectivity index (χ2v) is 9.94. The molecule has 3 rings (SSSR count). The number of nitrogens with one attached hydrogen (secondary N) is 1. The summed E-state index contributed by atoms with van der Waals surface area (Å²) >= 11 is 0. The van der Waals surface area contributed by atoms with Gasteiger partial charge in [0, 0.05) is 13.1 Å². The molecule has 32 heavy (non-hydrogen) atoms. The maximum Gasteiger partial charge on any atom is 0.261 e. The zero-order chi connectivity index (χ0) is 23.1. The lowest BCUT2D eigenvalue weighted by molar-refractivity contribution is -0.128. The zero-order valence-electron chi connectivity index (χ0n) is 19.0. The van der Waals surface area contributed by atoms with Gasteiger partial charge < -0.3 is 14.8 Å². The molecule has 1 aliphatic rings. The first-order valence-electron chi connectivity index (χ1n) is 11.1. The largest absolute Gasteiger partial charge is 0.492 e. The molecule has 0 spiro atoms. The van der Waals surface area contributed by atoms with E-state index in [0.29, 0.717) is 37.6 Å². The average Bonchev–Trinajstić information content (AvgIpc) is 3.33. The van der Waals surface area contributed by atoms with Crippen molar-refractivity contribution in [2.24, 2.45) is 0 Å². The molecule has 1 atom stereocenters. The molecule has 1 heterocycles. The third kappa shape index (κ3) is 6.01. The minimum absolute atomic E-state index is 0.191. The monoisotopic (exact) mass is 460 g/mol. The van der Waals surface area contributed by atoms with Crippen molar-refractivity contribution in [2.45, 2.75) is 51.0 Å². The molecule has 1 saturated heterocycles. The van der Waals surface area contributed by atoms with Gasteiger partial charge in [-0.2, -0.15) is 4.31 Å². The highest BCUT2D eigenvalue weighted by molar-refractivity contribution is 7.89. The minimum atomic E-state index is -3.43. The topological polar surface area (TPSA) is 84.9 Å². The molecular formula is C24H32N2O5S. The van der Waals surface area contributed by atoms with Crippen molar-refractivity contribution in [1.82, 2.24) is 9.62 Å².